The predicted molar refractivity (Wildman–Crippen MR) is 62.3 cm³/mol. The molecule has 1 aromatic rings. The molecule has 16 heavy (non-hydrogen) atoms. The smallest absolute Gasteiger partial charge is 0.271 e. The minimum Gasteiger partial charge on any atom is -0.286 e. The van der Waals surface area contributed by atoms with Crippen LogP contribution in [0, 0.1) is 0 Å². The number of thiophene rings is 1. The molecule has 0 aromatic carbocycles. The van der Waals surface area contributed by atoms with Crippen LogP contribution >= 0.6 is 23.7 Å². The lowest BCUT2D eigenvalue weighted by atomic mass is 10.3. The number of halogens is 1. The maximum Gasteiger partial charge on any atom is 0.271 e. The number of rotatable bonds is 1. The summed E-state index contributed by atoms with van der Waals surface area (Å²) >= 11 is 0.635. The van der Waals surface area contributed by atoms with Gasteiger partial charge in [-0.25, -0.2) is 22.0 Å². The lowest BCUT2D eigenvalue weighted by molar-refractivity contribution is 0.591. The molecule has 0 unspecified atom stereocenters. The van der Waals surface area contributed by atoms with Crippen LogP contribution in [0.2, 0.25) is 0 Å². The normalized spacial score (nSPS) is 17.1. The van der Waals surface area contributed by atoms with Crippen molar-refractivity contribution in [1.82, 2.24) is 4.72 Å². The Morgan fingerprint density at radius 1 is 1.38 bits per heavy atom. The van der Waals surface area contributed by atoms with Crippen molar-refractivity contribution in [1.29, 1.82) is 0 Å². The number of hydrogen-bond acceptors (Lipinski definition) is 5. The van der Waals surface area contributed by atoms with Crippen LogP contribution < -0.4 is 9.86 Å². The zero-order valence-corrected chi connectivity index (χ0v) is 10.8. The SMILES string of the molecule is Cl.NS(=O)(=O)c1cc2c(s1)S(=O)(=O)NC=C2. The van der Waals surface area contributed by atoms with Gasteiger partial charge in [0.05, 0.1) is 0 Å². The second kappa shape index (κ2) is 4.00. The molecule has 2 rings (SSSR count). The van der Waals surface area contributed by atoms with Gasteiger partial charge in [-0.1, -0.05) is 0 Å². The number of nitrogens with two attached hydrogens (primary N) is 1. The topological polar surface area (TPSA) is 106 Å². The minimum atomic E-state index is -3.85. The van der Waals surface area contributed by atoms with E-state index in [1.807, 2.05) is 0 Å². The first-order valence-electron chi connectivity index (χ1n) is 3.66. The van der Waals surface area contributed by atoms with Gasteiger partial charge in [0, 0.05) is 11.8 Å². The molecule has 0 atom stereocenters. The lowest BCUT2D eigenvalue weighted by Crippen LogP contribution is -2.19. The fourth-order valence-electron chi connectivity index (χ4n) is 1.10. The lowest BCUT2D eigenvalue weighted by Gasteiger charge is -2.06. The average molecular weight is 303 g/mol. The summed E-state index contributed by atoms with van der Waals surface area (Å²) in [6.07, 6.45) is 2.71. The van der Waals surface area contributed by atoms with Crippen LogP contribution in [-0.2, 0) is 20.0 Å². The highest BCUT2D eigenvalue weighted by molar-refractivity contribution is 7.94. The Balaban J connectivity index is 0.00000128. The predicted octanol–water partition coefficient (Wildman–Crippen LogP) is 0.0799. The molecule has 10 heteroatoms. The van der Waals surface area contributed by atoms with Gasteiger partial charge in [-0.15, -0.1) is 23.7 Å². The number of primary sulfonamides is 1. The highest BCUT2D eigenvalue weighted by Crippen LogP contribution is 2.32. The number of hydrogen-bond donors (Lipinski definition) is 2. The minimum absolute atomic E-state index is 0. The summed E-state index contributed by atoms with van der Waals surface area (Å²) in [6.45, 7) is 0. The number of fused-ring (bicyclic) bond motifs is 1. The molecular weight excluding hydrogens is 296 g/mol. The Labute approximate surface area is 103 Å². The summed E-state index contributed by atoms with van der Waals surface area (Å²) in [5, 5.41) is 4.90. The Kier molecular flexibility index (Phi) is 3.37. The van der Waals surface area contributed by atoms with Crippen molar-refractivity contribution in [3.05, 3.63) is 17.8 Å². The van der Waals surface area contributed by atoms with E-state index in [1.54, 1.807) is 0 Å². The molecule has 0 saturated carbocycles. The zero-order valence-electron chi connectivity index (χ0n) is 7.58. The molecule has 1 aliphatic heterocycles. The van der Waals surface area contributed by atoms with E-state index in [2.05, 4.69) is 4.72 Å². The van der Waals surface area contributed by atoms with Gasteiger partial charge in [0.1, 0.15) is 8.42 Å². The number of sulfonamides is 2. The van der Waals surface area contributed by atoms with E-state index in [0.29, 0.717) is 16.9 Å². The van der Waals surface area contributed by atoms with Gasteiger partial charge >= 0.3 is 0 Å². The van der Waals surface area contributed by atoms with Crippen molar-refractivity contribution in [2.24, 2.45) is 5.14 Å². The maximum absolute atomic E-state index is 11.4. The molecule has 0 aliphatic carbocycles. The van der Waals surface area contributed by atoms with Gasteiger partial charge in [-0.2, -0.15) is 0 Å². The third kappa shape index (κ3) is 2.23. The number of nitrogens with one attached hydrogen (secondary N) is 1. The molecule has 3 N–H and O–H groups in total. The van der Waals surface area contributed by atoms with Crippen molar-refractivity contribution in [2.45, 2.75) is 8.42 Å². The Morgan fingerprint density at radius 2 is 2.00 bits per heavy atom. The van der Waals surface area contributed by atoms with Crippen LogP contribution in [0.25, 0.3) is 6.08 Å². The van der Waals surface area contributed by atoms with Crippen molar-refractivity contribution < 1.29 is 16.8 Å². The molecule has 2 heterocycles. The largest absolute Gasteiger partial charge is 0.286 e. The molecule has 1 aromatic heterocycles. The van der Waals surface area contributed by atoms with Crippen LogP contribution in [0.1, 0.15) is 5.56 Å². The van der Waals surface area contributed by atoms with E-state index in [-0.39, 0.29) is 20.8 Å². The Hall–Kier alpha value is -0.610. The molecular formula is C6H7ClN2O4S3. The first-order chi connectivity index (χ1) is 6.81. The van der Waals surface area contributed by atoms with Gasteiger partial charge in [-0.3, -0.25) is 4.72 Å². The molecule has 0 saturated heterocycles. The first-order valence-corrected chi connectivity index (χ1v) is 7.51. The summed E-state index contributed by atoms with van der Waals surface area (Å²) in [7, 11) is -7.47. The van der Waals surface area contributed by atoms with E-state index in [0.717, 1.165) is 0 Å². The second-order valence-electron chi connectivity index (χ2n) is 2.81. The molecule has 0 fully saturated rings. The van der Waals surface area contributed by atoms with Crippen LogP contribution in [0.5, 0.6) is 0 Å². The van der Waals surface area contributed by atoms with Crippen molar-refractivity contribution in [3.63, 3.8) is 0 Å². The molecule has 1 aliphatic rings. The quantitative estimate of drug-likeness (QED) is 0.766. The van der Waals surface area contributed by atoms with Gasteiger partial charge in [0.15, 0.2) is 0 Å². The van der Waals surface area contributed by atoms with Crippen LogP contribution in [-0.4, -0.2) is 16.8 Å². The van der Waals surface area contributed by atoms with E-state index >= 15 is 0 Å². The van der Waals surface area contributed by atoms with E-state index in [4.69, 9.17) is 5.14 Å². The Morgan fingerprint density at radius 3 is 2.50 bits per heavy atom. The highest BCUT2D eigenvalue weighted by atomic mass is 35.5. The van der Waals surface area contributed by atoms with Crippen LogP contribution in [0.15, 0.2) is 20.7 Å². The fourth-order valence-corrected chi connectivity index (χ4v) is 4.52. The van der Waals surface area contributed by atoms with E-state index in [1.165, 1.54) is 18.3 Å². The van der Waals surface area contributed by atoms with Crippen LogP contribution in [0.3, 0.4) is 0 Å². The van der Waals surface area contributed by atoms with Crippen molar-refractivity contribution in [2.75, 3.05) is 0 Å². The fraction of sp³-hybridized carbons (Fsp3) is 0. The average Bonchev–Trinajstić information content (AvgIpc) is 2.47. The Bertz CT molecular complexity index is 643. The van der Waals surface area contributed by atoms with Gasteiger partial charge in [0.2, 0.25) is 10.0 Å². The van der Waals surface area contributed by atoms with Gasteiger partial charge in [0.25, 0.3) is 10.0 Å². The summed E-state index contributed by atoms with van der Waals surface area (Å²) in [5.74, 6) is 0. The molecule has 0 spiro atoms. The summed E-state index contributed by atoms with van der Waals surface area (Å²) < 4.78 is 46.8. The molecule has 0 bridgehead atoms. The van der Waals surface area contributed by atoms with Crippen molar-refractivity contribution in [3.8, 4) is 0 Å². The van der Waals surface area contributed by atoms with Gasteiger partial charge < -0.3 is 0 Å². The third-order valence-corrected chi connectivity index (χ3v) is 6.16. The summed E-state index contributed by atoms with van der Waals surface area (Å²) in [6, 6.07) is 1.24. The first kappa shape index (κ1) is 13.5. The molecule has 0 amide bonds. The van der Waals surface area contributed by atoms with Crippen molar-refractivity contribution >= 4 is 49.9 Å². The molecule has 6 nitrogen and oxygen atoms in total. The summed E-state index contributed by atoms with van der Waals surface area (Å²) in [4.78, 5) is 0. The standard InChI is InChI=1S/C6H6N2O4S3.ClH/c7-14(9,10)5-3-4-1-2-8-15(11,12)6(4)13-5;/h1-3,8H,(H2,7,9,10);1H. The maximum atomic E-state index is 11.4. The molecule has 90 valence electrons. The third-order valence-electron chi connectivity index (χ3n) is 1.71. The van der Waals surface area contributed by atoms with Crippen LogP contribution in [0.4, 0.5) is 0 Å². The summed E-state index contributed by atoms with van der Waals surface area (Å²) in [5.41, 5.74) is 0.336. The highest BCUT2D eigenvalue weighted by Gasteiger charge is 2.26. The zero-order chi connectivity index (χ0) is 11.3. The second-order valence-corrected chi connectivity index (χ2v) is 7.56. The molecule has 0 radical (unpaired) electrons. The van der Waals surface area contributed by atoms with Gasteiger partial charge in [-0.05, 0) is 12.1 Å². The van der Waals surface area contributed by atoms with E-state index in [9.17, 15) is 16.8 Å². The monoisotopic (exact) mass is 302 g/mol. The van der Waals surface area contributed by atoms with E-state index < -0.39 is 20.0 Å².